The third-order valence-electron chi connectivity index (χ3n) is 7.24. The Morgan fingerprint density at radius 3 is 2.11 bits per heavy atom. The lowest BCUT2D eigenvalue weighted by atomic mass is 10.0. The molecule has 1 aliphatic heterocycles. The third-order valence-corrected chi connectivity index (χ3v) is 7.24. The molecule has 2 heterocycles. The fourth-order valence-electron chi connectivity index (χ4n) is 5.45. The lowest BCUT2D eigenvalue weighted by molar-refractivity contribution is 0.197. The van der Waals surface area contributed by atoms with Gasteiger partial charge >= 0.3 is 0 Å². The predicted octanol–water partition coefficient (Wildman–Crippen LogP) is 3.73. The monoisotopic (exact) mass is 478 g/mol. The van der Waals surface area contributed by atoms with Crippen LogP contribution in [0.3, 0.4) is 0 Å². The van der Waals surface area contributed by atoms with Crippen LogP contribution in [0.5, 0.6) is 17.2 Å². The molecule has 2 fully saturated rings. The Hall–Kier alpha value is -3.33. The second kappa shape index (κ2) is 10.5. The van der Waals surface area contributed by atoms with Crippen LogP contribution in [0.25, 0.3) is 0 Å². The van der Waals surface area contributed by atoms with E-state index >= 15 is 0 Å². The molecule has 1 saturated heterocycles. The highest BCUT2D eigenvalue weighted by molar-refractivity contribution is 5.55. The maximum atomic E-state index is 5.69. The molecular weight excluding hydrogens is 444 g/mol. The van der Waals surface area contributed by atoms with E-state index in [0.29, 0.717) is 23.3 Å². The van der Waals surface area contributed by atoms with Crippen molar-refractivity contribution in [2.24, 2.45) is 0 Å². The Kier molecular flexibility index (Phi) is 7.03. The minimum absolute atomic E-state index is 0.128. The van der Waals surface area contributed by atoms with Crippen molar-refractivity contribution < 1.29 is 14.2 Å². The predicted molar refractivity (Wildman–Crippen MR) is 133 cm³/mol. The van der Waals surface area contributed by atoms with Gasteiger partial charge in [-0.25, -0.2) is 4.68 Å². The molecule has 0 radical (unpaired) electrons. The molecule has 1 aromatic heterocycles. The number of nitrogens with zero attached hydrogens (tertiary/aromatic N) is 6. The molecule has 9 heteroatoms. The SMILES string of the molecule is COc1cc([C@H](c2nnnn2C2CCCC2)N2CCN(c3ccccc3)CC2)cc(OC)c1OC. The first-order valence-corrected chi connectivity index (χ1v) is 12.3. The van der Waals surface area contributed by atoms with E-state index in [-0.39, 0.29) is 6.04 Å². The average molecular weight is 479 g/mol. The lowest BCUT2D eigenvalue weighted by Gasteiger charge is -2.40. The zero-order valence-corrected chi connectivity index (χ0v) is 20.8. The number of methoxy groups -OCH3 is 3. The number of piperazine rings is 1. The molecular formula is C26H34N6O3. The van der Waals surface area contributed by atoms with Crippen LogP contribution >= 0.6 is 0 Å². The van der Waals surface area contributed by atoms with Gasteiger partial charge in [-0.05, 0) is 53.1 Å². The second-order valence-corrected chi connectivity index (χ2v) is 9.14. The van der Waals surface area contributed by atoms with E-state index in [1.54, 1.807) is 21.3 Å². The van der Waals surface area contributed by atoms with Gasteiger partial charge in [0.2, 0.25) is 5.75 Å². The standard InChI is InChI=1S/C26H34N6O3/c1-33-22-17-19(18-23(34-2)25(22)35-3)24(26-27-28-29-32(26)21-11-7-8-12-21)31-15-13-30(14-16-31)20-9-5-4-6-10-20/h4-6,9-10,17-18,21,24H,7-8,11-16H2,1-3H3/t24-/m1/s1. The van der Waals surface area contributed by atoms with Gasteiger partial charge in [-0.3, -0.25) is 4.90 Å². The number of anilines is 1. The largest absolute Gasteiger partial charge is 0.493 e. The Labute approximate surface area is 206 Å². The van der Waals surface area contributed by atoms with Gasteiger partial charge in [-0.2, -0.15) is 0 Å². The van der Waals surface area contributed by atoms with Crippen LogP contribution in [0.15, 0.2) is 42.5 Å². The van der Waals surface area contributed by atoms with Crippen molar-refractivity contribution >= 4 is 5.69 Å². The molecule has 2 aliphatic rings. The molecule has 35 heavy (non-hydrogen) atoms. The molecule has 5 rings (SSSR count). The summed E-state index contributed by atoms with van der Waals surface area (Å²) < 4.78 is 19.0. The average Bonchev–Trinajstić information content (AvgIpc) is 3.61. The van der Waals surface area contributed by atoms with Crippen LogP contribution in [0.2, 0.25) is 0 Å². The van der Waals surface area contributed by atoms with Gasteiger partial charge in [-0.1, -0.05) is 31.0 Å². The van der Waals surface area contributed by atoms with Crippen LogP contribution in [-0.4, -0.2) is 72.6 Å². The molecule has 0 unspecified atom stereocenters. The van der Waals surface area contributed by atoms with Crippen molar-refractivity contribution in [3.63, 3.8) is 0 Å². The summed E-state index contributed by atoms with van der Waals surface area (Å²) in [6.07, 6.45) is 4.66. The minimum Gasteiger partial charge on any atom is -0.493 e. The van der Waals surface area contributed by atoms with Crippen LogP contribution in [0, 0.1) is 0 Å². The zero-order valence-electron chi connectivity index (χ0n) is 20.8. The first-order valence-electron chi connectivity index (χ1n) is 12.3. The molecule has 0 bridgehead atoms. The molecule has 0 N–H and O–H groups in total. The maximum absolute atomic E-state index is 5.69. The number of ether oxygens (including phenoxy) is 3. The molecule has 9 nitrogen and oxygen atoms in total. The van der Waals surface area contributed by atoms with Crippen molar-refractivity contribution in [2.75, 3.05) is 52.4 Å². The van der Waals surface area contributed by atoms with E-state index < -0.39 is 0 Å². The van der Waals surface area contributed by atoms with E-state index in [0.717, 1.165) is 50.4 Å². The minimum atomic E-state index is -0.128. The van der Waals surface area contributed by atoms with Gasteiger partial charge in [0, 0.05) is 31.9 Å². The third kappa shape index (κ3) is 4.65. The number of tetrazole rings is 1. The van der Waals surface area contributed by atoms with Crippen molar-refractivity contribution in [1.82, 2.24) is 25.1 Å². The van der Waals surface area contributed by atoms with Crippen molar-refractivity contribution in [3.8, 4) is 17.2 Å². The summed E-state index contributed by atoms with van der Waals surface area (Å²) in [6.45, 7) is 3.62. The van der Waals surface area contributed by atoms with E-state index in [1.165, 1.54) is 18.5 Å². The summed E-state index contributed by atoms with van der Waals surface area (Å²) in [5.74, 6) is 2.73. The van der Waals surface area contributed by atoms with E-state index in [9.17, 15) is 0 Å². The second-order valence-electron chi connectivity index (χ2n) is 9.14. The van der Waals surface area contributed by atoms with Crippen LogP contribution in [-0.2, 0) is 0 Å². The van der Waals surface area contributed by atoms with Gasteiger partial charge in [0.05, 0.1) is 33.4 Å². The molecule has 1 aliphatic carbocycles. The quantitative estimate of drug-likeness (QED) is 0.485. The number of aromatic nitrogens is 4. The van der Waals surface area contributed by atoms with Gasteiger partial charge < -0.3 is 19.1 Å². The summed E-state index contributed by atoms with van der Waals surface area (Å²) in [5.41, 5.74) is 2.29. The highest BCUT2D eigenvalue weighted by Crippen LogP contribution is 2.43. The summed E-state index contributed by atoms with van der Waals surface area (Å²) >= 11 is 0. The maximum Gasteiger partial charge on any atom is 0.203 e. The lowest BCUT2D eigenvalue weighted by Crippen LogP contribution is -2.48. The van der Waals surface area contributed by atoms with Crippen molar-refractivity contribution in [3.05, 3.63) is 53.9 Å². The molecule has 3 aromatic rings. The number of hydrogen-bond donors (Lipinski definition) is 0. The number of hydrogen-bond acceptors (Lipinski definition) is 8. The van der Waals surface area contributed by atoms with Gasteiger partial charge in [0.25, 0.3) is 0 Å². The fraction of sp³-hybridized carbons (Fsp3) is 0.500. The molecule has 2 aromatic carbocycles. The zero-order chi connectivity index (χ0) is 24.2. The van der Waals surface area contributed by atoms with E-state index in [2.05, 4.69) is 60.3 Å². The van der Waals surface area contributed by atoms with E-state index in [4.69, 9.17) is 14.2 Å². The Balaban J connectivity index is 1.52. The van der Waals surface area contributed by atoms with Crippen molar-refractivity contribution in [1.29, 1.82) is 0 Å². The van der Waals surface area contributed by atoms with Crippen molar-refractivity contribution in [2.45, 2.75) is 37.8 Å². The van der Waals surface area contributed by atoms with E-state index in [1.807, 2.05) is 12.1 Å². The highest BCUT2D eigenvalue weighted by Gasteiger charge is 2.34. The Bertz CT molecular complexity index is 1080. The summed E-state index contributed by atoms with van der Waals surface area (Å²) in [5, 5.41) is 13.2. The summed E-state index contributed by atoms with van der Waals surface area (Å²) in [4.78, 5) is 4.90. The van der Waals surface area contributed by atoms with Gasteiger partial charge in [-0.15, -0.1) is 5.10 Å². The highest BCUT2D eigenvalue weighted by atomic mass is 16.5. The van der Waals surface area contributed by atoms with Gasteiger partial charge in [0.15, 0.2) is 17.3 Å². The topological polar surface area (TPSA) is 77.8 Å². The smallest absolute Gasteiger partial charge is 0.203 e. The number of benzene rings is 2. The van der Waals surface area contributed by atoms with Crippen LogP contribution in [0.1, 0.15) is 49.2 Å². The first kappa shape index (κ1) is 23.4. The Morgan fingerprint density at radius 1 is 0.857 bits per heavy atom. The fourth-order valence-corrected chi connectivity index (χ4v) is 5.45. The molecule has 186 valence electrons. The van der Waals surface area contributed by atoms with Gasteiger partial charge in [0.1, 0.15) is 0 Å². The summed E-state index contributed by atoms with van der Waals surface area (Å²) in [6, 6.07) is 14.9. The van der Waals surface area contributed by atoms with Crippen LogP contribution < -0.4 is 19.1 Å². The number of rotatable bonds is 8. The molecule has 1 saturated carbocycles. The normalized spacial score (nSPS) is 18.0. The molecule has 1 atom stereocenters. The number of para-hydroxylation sites is 1. The summed E-state index contributed by atoms with van der Waals surface area (Å²) in [7, 11) is 4.93. The molecule has 0 spiro atoms. The Morgan fingerprint density at radius 2 is 1.51 bits per heavy atom. The van der Waals surface area contributed by atoms with Crippen LogP contribution in [0.4, 0.5) is 5.69 Å². The first-order chi connectivity index (χ1) is 17.2. The molecule has 0 amide bonds.